The van der Waals surface area contributed by atoms with Gasteiger partial charge in [-0.3, -0.25) is 4.79 Å². The van der Waals surface area contributed by atoms with Crippen molar-refractivity contribution in [3.05, 3.63) is 24.3 Å². The molecular weight excluding hydrogens is 204 g/mol. The van der Waals surface area contributed by atoms with Crippen LogP contribution in [0.15, 0.2) is 24.3 Å². The monoisotopic (exact) mass is 220 g/mol. The Balaban J connectivity index is 2.22. The van der Waals surface area contributed by atoms with E-state index in [2.05, 4.69) is 0 Å². The van der Waals surface area contributed by atoms with Crippen molar-refractivity contribution in [1.82, 2.24) is 0 Å². The minimum atomic E-state index is 0.143. The summed E-state index contributed by atoms with van der Waals surface area (Å²) in [6.07, 6.45) is 2.29. The number of hydrogen-bond donors (Lipinski definition) is 2. The quantitative estimate of drug-likeness (QED) is 0.805. The number of phenolic OH excluding ortho intramolecular Hbond substituents is 1. The second-order valence-corrected chi connectivity index (χ2v) is 4.05. The molecule has 0 bridgehead atoms. The van der Waals surface area contributed by atoms with Gasteiger partial charge >= 0.3 is 0 Å². The van der Waals surface area contributed by atoms with Crippen LogP contribution in [0.3, 0.4) is 0 Å². The van der Waals surface area contributed by atoms with E-state index in [4.69, 9.17) is 5.73 Å². The summed E-state index contributed by atoms with van der Waals surface area (Å²) in [4.78, 5) is 13.6. The molecule has 0 aromatic heterocycles. The predicted octanol–water partition coefficient (Wildman–Crippen LogP) is 1.24. The minimum absolute atomic E-state index is 0.143. The number of rotatable bonds is 3. The van der Waals surface area contributed by atoms with Crippen LogP contribution in [0.5, 0.6) is 5.75 Å². The van der Waals surface area contributed by atoms with Crippen LogP contribution in [0.1, 0.15) is 19.3 Å². The summed E-state index contributed by atoms with van der Waals surface area (Å²) in [6.45, 7) is 0.590. The summed E-state index contributed by atoms with van der Waals surface area (Å²) < 4.78 is 0. The highest BCUT2D eigenvalue weighted by molar-refractivity contribution is 5.96. The molecular formula is C12H16N2O2. The van der Waals surface area contributed by atoms with E-state index in [1.165, 1.54) is 0 Å². The van der Waals surface area contributed by atoms with Gasteiger partial charge in [0.2, 0.25) is 5.91 Å². The first-order valence-corrected chi connectivity index (χ1v) is 5.53. The van der Waals surface area contributed by atoms with E-state index in [0.717, 1.165) is 18.5 Å². The Bertz CT molecular complexity index is 375. The molecule has 1 heterocycles. The number of anilines is 1. The molecule has 0 radical (unpaired) electrons. The molecule has 16 heavy (non-hydrogen) atoms. The molecule has 4 nitrogen and oxygen atoms in total. The van der Waals surface area contributed by atoms with Crippen LogP contribution < -0.4 is 10.6 Å². The Morgan fingerprint density at radius 2 is 2.06 bits per heavy atom. The largest absolute Gasteiger partial charge is 0.508 e. The molecule has 1 amide bonds. The Morgan fingerprint density at radius 1 is 1.38 bits per heavy atom. The maximum Gasteiger partial charge on any atom is 0.227 e. The van der Waals surface area contributed by atoms with Gasteiger partial charge in [0, 0.05) is 18.2 Å². The van der Waals surface area contributed by atoms with Crippen LogP contribution in [0.25, 0.3) is 0 Å². The number of aromatic hydroxyl groups is 1. The first kappa shape index (κ1) is 11.0. The number of nitrogens with zero attached hydrogens (tertiary/aromatic N) is 1. The van der Waals surface area contributed by atoms with E-state index in [1.807, 2.05) is 0 Å². The highest BCUT2D eigenvalue weighted by atomic mass is 16.3. The molecule has 1 fully saturated rings. The Hall–Kier alpha value is -1.55. The maximum absolute atomic E-state index is 11.8. The molecule has 1 aromatic carbocycles. The van der Waals surface area contributed by atoms with Gasteiger partial charge in [-0.15, -0.1) is 0 Å². The van der Waals surface area contributed by atoms with Crippen molar-refractivity contribution < 1.29 is 9.90 Å². The lowest BCUT2D eigenvalue weighted by Crippen LogP contribution is -2.34. The number of phenols is 1. The molecule has 86 valence electrons. The topological polar surface area (TPSA) is 66.6 Å². The SMILES string of the molecule is NCCC1CCC(=O)N1c1ccc(O)cc1. The predicted molar refractivity (Wildman–Crippen MR) is 62.3 cm³/mol. The van der Waals surface area contributed by atoms with Crippen LogP contribution >= 0.6 is 0 Å². The number of nitrogens with two attached hydrogens (primary N) is 1. The standard InChI is InChI=1S/C12H16N2O2/c13-8-7-10-3-6-12(16)14(10)9-1-4-11(15)5-2-9/h1-2,4-5,10,15H,3,6-8,13H2. The van der Waals surface area contributed by atoms with Gasteiger partial charge in [0.1, 0.15) is 5.75 Å². The molecule has 0 aliphatic carbocycles. The molecule has 1 aromatic rings. The highest BCUT2D eigenvalue weighted by Gasteiger charge is 2.31. The summed E-state index contributed by atoms with van der Waals surface area (Å²) in [5.74, 6) is 0.356. The third-order valence-electron chi connectivity index (χ3n) is 2.95. The minimum Gasteiger partial charge on any atom is -0.508 e. The maximum atomic E-state index is 11.8. The average Bonchev–Trinajstić information content (AvgIpc) is 2.62. The summed E-state index contributed by atoms with van der Waals surface area (Å²) in [5.41, 5.74) is 6.39. The third-order valence-corrected chi connectivity index (χ3v) is 2.95. The smallest absolute Gasteiger partial charge is 0.227 e. The second-order valence-electron chi connectivity index (χ2n) is 4.05. The van der Waals surface area contributed by atoms with Gasteiger partial charge in [-0.2, -0.15) is 0 Å². The highest BCUT2D eigenvalue weighted by Crippen LogP contribution is 2.29. The lowest BCUT2D eigenvalue weighted by atomic mass is 10.1. The molecule has 1 aliphatic heterocycles. The lowest BCUT2D eigenvalue weighted by molar-refractivity contribution is -0.117. The van der Waals surface area contributed by atoms with Gasteiger partial charge in [0.05, 0.1) is 0 Å². The number of carbonyl (C=O) groups is 1. The Morgan fingerprint density at radius 3 is 2.69 bits per heavy atom. The van der Waals surface area contributed by atoms with E-state index >= 15 is 0 Å². The zero-order chi connectivity index (χ0) is 11.5. The zero-order valence-electron chi connectivity index (χ0n) is 9.10. The zero-order valence-corrected chi connectivity index (χ0v) is 9.10. The average molecular weight is 220 g/mol. The summed E-state index contributed by atoms with van der Waals surface area (Å²) in [7, 11) is 0. The fourth-order valence-corrected chi connectivity index (χ4v) is 2.18. The van der Waals surface area contributed by atoms with Gasteiger partial charge in [0.15, 0.2) is 0 Å². The molecule has 1 saturated heterocycles. The normalized spacial score (nSPS) is 20.4. The van der Waals surface area contributed by atoms with E-state index in [0.29, 0.717) is 13.0 Å². The van der Waals surface area contributed by atoms with Crippen molar-refractivity contribution >= 4 is 11.6 Å². The molecule has 0 spiro atoms. The van der Waals surface area contributed by atoms with Crippen molar-refractivity contribution in [2.45, 2.75) is 25.3 Å². The van der Waals surface area contributed by atoms with Crippen molar-refractivity contribution in [3.8, 4) is 5.75 Å². The van der Waals surface area contributed by atoms with E-state index in [-0.39, 0.29) is 17.7 Å². The number of carbonyl (C=O) groups excluding carboxylic acids is 1. The van der Waals surface area contributed by atoms with Gasteiger partial charge < -0.3 is 15.7 Å². The van der Waals surface area contributed by atoms with E-state index in [9.17, 15) is 9.90 Å². The first-order chi connectivity index (χ1) is 7.72. The van der Waals surface area contributed by atoms with Crippen LogP contribution in [0.4, 0.5) is 5.69 Å². The third kappa shape index (κ3) is 2.02. The van der Waals surface area contributed by atoms with Crippen molar-refractivity contribution in [1.29, 1.82) is 0 Å². The van der Waals surface area contributed by atoms with Crippen molar-refractivity contribution in [2.24, 2.45) is 5.73 Å². The van der Waals surface area contributed by atoms with Gasteiger partial charge in [-0.05, 0) is 43.7 Å². The van der Waals surface area contributed by atoms with Gasteiger partial charge in [0.25, 0.3) is 0 Å². The van der Waals surface area contributed by atoms with Gasteiger partial charge in [-0.25, -0.2) is 0 Å². The van der Waals surface area contributed by atoms with E-state index < -0.39 is 0 Å². The second kappa shape index (κ2) is 4.53. The summed E-state index contributed by atoms with van der Waals surface area (Å²) in [5, 5.41) is 9.21. The van der Waals surface area contributed by atoms with Crippen LogP contribution in [-0.2, 0) is 4.79 Å². The number of benzene rings is 1. The van der Waals surface area contributed by atoms with Crippen molar-refractivity contribution in [2.75, 3.05) is 11.4 Å². The number of amides is 1. The fourth-order valence-electron chi connectivity index (χ4n) is 2.18. The van der Waals surface area contributed by atoms with Crippen LogP contribution in [0.2, 0.25) is 0 Å². The Kier molecular flexibility index (Phi) is 3.10. The van der Waals surface area contributed by atoms with Gasteiger partial charge in [-0.1, -0.05) is 0 Å². The Labute approximate surface area is 94.7 Å². The molecule has 1 unspecified atom stereocenters. The fraction of sp³-hybridized carbons (Fsp3) is 0.417. The van der Waals surface area contributed by atoms with E-state index in [1.54, 1.807) is 29.2 Å². The van der Waals surface area contributed by atoms with Crippen LogP contribution in [-0.4, -0.2) is 23.6 Å². The lowest BCUT2D eigenvalue weighted by Gasteiger charge is -2.24. The van der Waals surface area contributed by atoms with Crippen LogP contribution in [0, 0.1) is 0 Å². The molecule has 4 heteroatoms. The number of hydrogen-bond acceptors (Lipinski definition) is 3. The molecule has 0 saturated carbocycles. The summed E-state index contributed by atoms with van der Waals surface area (Å²) >= 11 is 0. The van der Waals surface area contributed by atoms with Crippen molar-refractivity contribution in [3.63, 3.8) is 0 Å². The molecule has 1 atom stereocenters. The first-order valence-electron chi connectivity index (χ1n) is 5.53. The molecule has 2 rings (SSSR count). The molecule has 3 N–H and O–H groups in total. The summed E-state index contributed by atoms with van der Waals surface area (Å²) in [6, 6.07) is 6.94. The molecule has 1 aliphatic rings.